The molecule has 0 amide bonds. The van der Waals surface area contributed by atoms with Gasteiger partial charge in [0, 0.05) is 10.9 Å². The normalized spacial score (nSPS) is 11.6. The molecule has 0 unspecified atom stereocenters. The monoisotopic (exact) mass is 372 g/mol. The summed E-state index contributed by atoms with van der Waals surface area (Å²) in [6, 6.07) is 25.0. The van der Waals surface area contributed by atoms with Crippen LogP contribution in [0.5, 0.6) is 0 Å². The van der Waals surface area contributed by atoms with Gasteiger partial charge in [0.2, 0.25) is 0 Å². The second-order valence-corrected chi connectivity index (χ2v) is 7.02. The number of pyridine rings is 1. The highest BCUT2D eigenvalue weighted by molar-refractivity contribution is 6.04. The van der Waals surface area contributed by atoms with Crippen molar-refractivity contribution in [2.24, 2.45) is 0 Å². The molecule has 0 spiro atoms. The van der Waals surface area contributed by atoms with Gasteiger partial charge in [0.1, 0.15) is 5.65 Å². The first kappa shape index (κ1) is 17.2. The summed E-state index contributed by atoms with van der Waals surface area (Å²) >= 11 is 0. The van der Waals surface area contributed by atoms with Crippen molar-refractivity contribution in [2.45, 2.75) is 0 Å². The molecule has 29 heavy (non-hydrogen) atoms. The lowest BCUT2D eigenvalue weighted by atomic mass is 10.0. The van der Waals surface area contributed by atoms with Crippen LogP contribution in [0.15, 0.2) is 86.0 Å². The van der Waals surface area contributed by atoms with Crippen molar-refractivity contribution in [3.05, 3.63) is 108 Å². The molecule has 0 N–H and O–H groups in total. The van der Waals surface area contributed by atoms with Gasteiger partial charge in [-0.25, -0.2) is 4.98 Å². The molecular weight excluding hydrogens is 352 g/mol. The molecule has 5 rings (SSSR count). The fraction of sp³-hybridized carbons (Fsp3) is 0. The summed E-state index contributed by atoms with van der Waals surface area (Å²) in [5.41, 5.74) is 7.38. The van der Waals surface area contributed by atoms with Crippen LogP contribution in [0, 0.1) is 0 Å². The molecule has 0 atom stereocenters. The summed E-state index contributed by atoms with van der Waals surface area (Å²) in [4.78, 5) is 4.99. The van der Waals surface area contributed by atoms with E-state index in [0.717, 1.165) is 44.3 Å². The van der Waals surface area contributed by atoms with Gasteiger partial charge in [0.15, 0.2) is 0 Å². The third kappa shape index (κ3) is 2.77. The summed E-state index contributed by atoms with van der Waals surface area (Å²) in [5.74, 6) is 0. The lowest BCUT2D eigenvalue weighted by Crippen LogP contribution is -1.97. The zero-order valence-electron chi connectivity index (χ0n) is 16.0. The number of hydrogen-bond donors (Lipinski definition) is 0. The predicted octanol–water partition coefficient (Wildman–Crippen LogP) is 7.10. The topological polar surface area (TPSA) is 17.3 Å². The Balaban J connectivity index is 1.77. The number of rotatable bonds is 4. The summed E-state index contributed by atoms with van der Waals surface area (Å²) in [6.07, 6.45) is 8.04. The predicted molar refractivity (Wildman–Crippen MR) is 126 cm³/mol. The van der Waals surface area contributed by atoms with E-state index in [1.165, 1.54) is 5.56 Å². The number of benzene rings is 3. The average Bonchev–Trinajstić information content (AvgIpc) is 3.16. The molecular formula is C27H20N2. The summed E-state index contributed by atoms with van der Waals surface area (Å²) in [5, 5.41) is 2.26. The maximum absolute atomic E-state index is 4.99. The first-order chi connectivity index (χ1) is 14.3. The van der Waals surface area contributed by atoms with Gasteiger partial charge in [0.25, 0.3) is 0 Å². The lowest BCUT2D eigenvalue weighted by molar-refractivity contribution is 1.21. The maximum Gasteiger partial charge on any atom is 0.146 e. The van der Waals surface area contributed by atoms with Gasteiger partial charge in [-0.2, -0.15) is 0 Å². The van der Waals surface area contributed by atoms with Crippen LogP contribution in [0.25, 0.3) is 51.8 Å². The largest absolute Gasteiger partial charge is 0.292 e. The molecule has 3 aromatic carbocycles. The van der Waals surface area contributed by atoms with E-state index in [4.69, 9.17) is 4.98 Å². The third-order valence-corrected chi connectivity index (χ3v) is 5.32. The molecule has 0 aliphatic heterocycles. The molecule has 0 aliphatic rings. The van der Waals surface area contributed by atoms with E-state index in [9.17, 15) is 0 Å². The Morgan fingerprint density at radius 2 is 1.45 bits per heavy atom. The standard InChI is InChI=1S/C27H20N2/c1-3-21-22-12-8-9-13-23(22)27-28-24-18-20(15-14-19-10-6-5-7-11-19)16-17-26(24)29(27)25(21)4-2/h3-18H,1-2H2/b15-14+. The van der Waals surface area contributed by atoms with Crippen LogP contribution in [0.3, 0.4) is 0 Å². The Labute approximate surface area is 169 Å². The quantitative estimate of drug-likeness (QED) is 0.308. The molecule has 0 bridgehead atoms. The van der Waals surface area contributed by atoms with E-state index in [-0.39, 0.29) is 0 Å². The van der Waals surface area contributed by atoms with E-state index in [0.29, 0.717) is 0 Å². The minimum absolute atomic E-state index is 0.945. The molecule has 0 aliphatic carbocycles. The fourth-order valence-corrected chi connectivity index (χ4v) is 3.97. The van der Waals surface area contributed by atoms with Gasteiger partial charge < -0.3 is 0 Å². The molecule has 0 saturated carbocycles. The third-order valence-electron chi connectivity index (χ3n) is 5.32. The molecule has 0 saturated heterocycles. The number of hydrogen-bond acceptors (Lipinski definition) is 1. The van der Waals surface area contributed by atoms with E-state index in [1.807, 2.05) is 36.4 Å². The Bertz CT molecular complexity index is 1420. The van der Waals surface area contributed by atoms with Crippen molar-refractivity contribution in [3.63, 3.8) is 0 Å². The van der Waals surface area contributed by atoms with Gasteiger partial charge in [-0.05, 0) is 34.7 Å². The van der Waals surface area contributed by atoms with Crippen LogP contribution >= 0.6 is 0 Å². The number of fused-ring (bicyclic) bond motifs is 5. The molecule has 0 fully saturated rings. The fourth-order valence-electron chi connectivity index (χ4n) is 3.97. The molecule has 138 valence electrons. The van der Waals surface area contributed by atoms with E-state index in [1.54, 1.807) is 0 Å². The molecule has 2 heterocycles. The molecule has 5 aromatic rings. The van der Waals surface area contributed by atoms with Gasteiger partial charge in [-0.3, -0.25) is 4.40 Å². The van der Waals surface area contributed by atoms with Crippen molar-refractivity contribution in [1.82, 2.24) is 9.38 Å². The number of aromatic nitrogens is 2. The maximum atomic E-state index is 4.99. The second-order valence-electron chi connectivity index (χ2n) is 7.02. The van der Waals surface area contributed by atoms with Gasteiger partial charge in [0.05, 0.1) is 16.7 Å². The second kappa shape index (κ2) is 6.92. The van der Waals surface area contributed by atoms with Crippen LogP contribution < -0.4 is 0 Å². The highest BCUT2D eigenvalue weighted by Crippen LogP contribution is 2.32. The smallest absolute Gasteiger partial charge is 0.146 e. The minimum atomic E-state index is 0.945. The first-order valence-electron chi connectivity index (χ1n) is 9.65. The van der Waals surface area contributed by atoms with Crippen LogP contribution in [-0.2, 0) is 0 Å². The molecule has 0 radical (unpaired) electrons. The van der Waals surface area contributed by atoms with Crippen LogP contribution in [0.4, 0.5) is 0 Å². The Kier molecular flexibility index (Phi) is 4.10. The van der Waals surface area contributed by atoms with Crippen molar-refractivity contribution < 1.29 is 0 Å². The summed E-state index contributed by atoms with van der Waals surface area (Å²) < 4.78 is 2.19. The van der Waals surface area contributed by atoms with Crippen LogP contribution in [-0.4, -0.2) is 9.38 Å². The van der Waals surface area contributed by atoms with Gasteiger partial charge >= 0.3 is 0 Å². The van der Waals surface area contributed by atoms with Crippen molar-refractivity contribution >= 4 is 51.8 Å². The van der Waals surface area contributed by atoms with Crippen molar-refractivity contribution in [1.29, 1.82) is 0 Å². The van der Waals surface area contributed by atoms with E-state index < -0.39 is 0 Å². The average molecular weight is 372 g/mol. The Hall–Kier alpha value is -3.91. The number of imidazole rings is 1. The minimum Gasteiger partial charge on any atom is -0.292 e. The highest BCUT2D eigenvalue weighted by Gasteiger charge is 2.15. The zero-order chi connectivity index (χ0) is 19.8. The van der Waals surface area contributed by atoms with Crippen LogP contribution in [0.2, 0.25) is 0 Å². The number of nitrogens with zero attached hydrogens (tertiary/aromatic N) is 2. The molecule has 2 nitrogen and oxygen atoms in total. The van der Waals surface area contributed by atoms with Crippen LogP contribution in [0.1, 0.15) is 22.4 Å². The molecule has 2 aromatic heterocycles. The lowest BCUT2D eigenvalue weighted by Gasteiger charge is -2.11. The highest BCUT2D eigenvalue weighted by atomic mass is 15.0. The zero-order valence-corrected chi connectivity index (χ0v) is 16.0. The Morgan fingerprint density at radius 3 is 2.21 bits per heavy atom. The van der Waals surface area contributed by atoms with Crippen molar-refractivity contribution in [2.75, 3.05) is 0 Å². The SMILES string of the molecule is C=Cc1c(C=C)n2c3ccc(/C=C/c4ccccc4)cc3nc2c2ccccc12. The molecule has 2 heteroatoms. The van der Waals surface area contributed by atoms with Gasteiger partial charge in [-0.15, -0.1) is 0 Å². The van der Waals surface area contributed by atoms with Crippen molar-refractivity contribution in [3.8, 4) is 0 Å². The first-order valence-corrected chi connectivity index (χ1v) is 9.65. The summed E-state index contributed by atoms with van der Waals surface area (Å²) in [7, 11) is 0. The summed E-state index contributed by atoms with van der Waals surface area (Å²) in [6.45, 7) is 8.09. The van der Waals surface area contributed by atoms with E-state index >= 15 is 0 Å². The van der Waals surface area contributed by atoms with Gasteiger partial charge in [-0.1, -0.05) is 92.0 Å². The Morgan fingerprint density at radius 1 is 0.724 bits per heavy atom. The van der Waals surface area contributed by atoms with E-state index in [2.05, 4.69) is 78.2 Å².